The van der Waals surface area contributed by atoms with Gasteiger partial charge in [0.05, 0.1) is 0 Å². The molecule has 14 heavy (non-hydrogen) atoms. The predicted octanol–water partition coefficient (Wildman–Crippen LogP) is 1.98. The fourth-order valence-electron chi connectivity index (χ4n) is 1.88. The zero-order valence-electron chi connectivity index (χ0n) is 8.46. The Hall–Kier alpha value is -0.380. The Morgan fingerprint density at radius 3 is 3.29 bits per heavy atom. The molecule has 78 valence electrons. The Morgan fingerprint density at radius 2 is 2.43 bits per heavy atom. The van der Waals surface area contributed by atoms with E-state index in [0.29, 0.717) is 6.04 Å². The van der Waals surface area contributed by atoms with Gasteiger partial charge in [-0.15, -0.1) is 11.3 Å². The summed E-state index contributed by atoms with van der Waals surface area (Å²) in [5, 5.41) is 9.21. The summed E-state index contributed by atoms with van der Waals surface area (Å²) in [6, 6.07) is 5.04. The van der Waals surface area contributed by atoms with Crippen LogP contribution in [0.25, 0.3) is 0 Å². The third kappa shape index (κ3) is 3.08. The van der Waals surface area contributed by atoms with Crippen molar-refractivity contribution in [3.05, 3.63) is 22.4 Å². The molecule has 0 amide bonds. The number of hydrogen-bond donors (Lipinski definition) is 2. The number of rotatable bonds is 3. The average Bonchev–Trinajstić information content (AvgIpc) is 2.58. The molecule has 1 aromatic heterocycles. The van der Waals surface area contributed by atoms with Crippen LogP contribution in [0.15, 0.2) is 17.5 Å². The summed E-state index contributed by atoms with van der Waals surface area (Å²) in [5.74, 6) is 0. The molecule has 0 aliphatic carbocycles. The summed E-state index contributed by atoms with van der Waals surface area (Å²) < 4.78 is 0. The molecule has 2 N–H and O–H groups in total. The van der Waals surface area contributed by atoms with Crippen LogP contribution < -0.4 is 10.6 Å². The van der Waals surface area contributed by atoms with Crippen LogP contribution in [-0.2, 0) is 6.54 Å². The van der Waals surface area contributed by atoms with Crippen molar-refractivity contribution in [3.63, 3.8) is 0 Å². The SMILES string of the molecule is c1csc(CNC2CCCNCC2)c1. The van der Waals surface area contributed by atoms with Crippen LogP contribution in [0.4, 0.5) is 0 Å². The first-order valence-corrected chi connectivity index (χ1v) is 6.29. The summed E-state index contributed by atoms with van der Waals surface area (Å²) in [5.41, 5.74) is 0. The second-order valence-electron chi connectivity index (χ2n) is 3.84. The molecule has 2 heterocycles. The van der Waals surface area contributed by atoms with Crippen molar-refractivity contribution in [1.29, 1.82) is 0 Å². The topological polar surface area (TPSA) is 24.1 Å². The molecule has 0 spiro atoms. The van der Waals surface area contributed by atoms with E-state index in [1.807, 2.05) is 11.3 Å². The smallest absolute Gasteiger partial charge is 0.0302 e. The van der Waals surface area contributed by atoms with Crippen molar-refractivity contribution in [2.24, 2.45) is 0 Å². The molecule has 1 fully saturated rings. The summed E-state index contributed by atoms with van der Waals surface area (Å²) in [6.07, 6.45) is 3.89. The van der Waals surface area contributed by atoms with Gasteiger partial charge in [-0.2, -0.15) is 0 Å². The summed E-state index contributed by atoms with van der Waals surface area (Å²) >= 11 is 1.84. The van der Waals surface area contributed by atoms with Crippen molar-refractivity contribution in [3.8, 4) is 0 Å². The lowest BCUT2D eigenvalue weighted by atomic mass is 10.1. The first-order chi connectivity index (χ1) is 6.95. The van der Waals surface area contributed by atoms with Gasteiger partial charge in [0, 0.05) is 17.5 Å². The standard InChI is InChI=1S/C11H18N2S/c1-3-10(5-7-12-6-1)13-9-11-4-2-8-14-11/h2,4,8,10,12-13H,1,3,5-7,9H2. The minimum atomic E-state index is 0.715. The molecule has 1 aliphatic rings. The van der Waals surface area contributed by atoms with E-state index in [1.54, 1.807) is 0 Å². The van der Waals surface area contributed by atoms with Crippen LogP contribution in [0.2, 0.25) is 0 Å². The van der Waals surface area contributed by atoms with E-state index < -0.39 is 0 Å². The highest BCUT2D eigenvalue weighted by Crippen LogP contribution is 2.10. The van der Waals surface area contributed by atoms with Gasteiger partial charge in [0.15, 0.2) is 0 Å². The van der Waals surface area contributed by atoms with Gasteiger partial charge in [-0.3, -0.25) is 0 Å². The van der Waals surface area contributed by atoms with Crippen LogP contribution in [0.1, 0.15) is 24.1 Å². The molecule has 0 radical (unpaired) electrons. The van der Waals surface area contributed by atoms with E-state index in [2.05, 4.69) is 28.1 Å². The Labute approximate surface area is 89.7 Å². The second kappa shape index (κ2) is 5.49. The molecular formula is C11H18N2S. The summed E-state index contributed by atoms with van der Waals surface area (Å²) in [6.45, 7) is 3.40. The van der Waals surface area contributed by atoms with E-state index in [-0.39, 0.29) is 0 Å². The third-order valence-electron chi connectivity index (χ3n) is 2.72. The van der Waals surface area contributed by atoms with Gasteiger partial charge in [0.25, 0.3) is 0 Å². The summed E-state index contributed by atoms with van der Waals surface area (Å²) in [4.78, 5) is 1.45. The predicted molar refractivity (Wildman–Crippen MR) is 61.7 cm³/mol. The number of hydrogen-bond acceptors (Lipinski definition) is 3. The average molecular weight is 210 g/mol. The van der Waals surface area contributed by atoms with Crippen molar-refractivity contribution in [2.75, 3.05) is 13.1 Å². The van der Waals surface area contributed by atoms with Crippen LogP contribution >= 0.6 is 11.3 Å². The summed E-state index contributed by atoms with van der Waals surface area (Å²) in [7, 11) is 0. The fourth-order valence-corrected chi connectivity index (χ4v) is 2.54. The molecule has 1 saturated heterocycles. The monoisotopic (exact) mass is 210 g/mol. The van der Waals surface area contributed by atoms with Gasteiger partial charge in [0.2, 0.25) is 0 Å². The number of thiophene rings is 1. The van der Waals surface area contributed by atoms with Crippen LogP contribution in [0.5, 0.6) is 0 Å². The van der Waals surface area contributed by atoms with Gasteiger partial charge < -0.3 is 10.6 Å². The Balaban J connectivity index is 1.73. The van der Waals surface area contributed by atoms with Gasteiger partial charge in [0.1, 0.15) is 0 Å². The van der Waals surface area contributed by atoms with Crippen LogP contribution in [-0.4, -0.2) is 19.1 Å². The largest absolute Gasteiger partial charge is 0.317 e. The first-order valence-electron chi connectivity index (χ1n) is 5.41. The lowest BCUT2D eigenvalue weighted by Crippen LogP contribution is -2.29. The van der Waals surface area contributed by atoms with Gasteiger partial charge in [-0.05, 0) is 43.8 Å². The molecule has 3 heteroatoms. The van der Waals surface area contributed by atoms with Crippen molar-refractivity contribution < 1.29 is 0 Å². The molecule has 1 aliphatic heterocycles. The van der Waals surface area contributed by atoms with Gasteiger partial charge in [-0.1, -0.05) is 6.07 Å². The highest BCUT2D eigenvalue weighted by Gasteiger charge is 2.10. The van der Waals surface area contributed by atoms with E-state index in [1.165, 1.54) is 37.2 Å². The highest BCUT2D eigenvalue weighted by atomic mass is 32.1. The van der Waals surface area contributed by atoms with Crippen molar-refractivity contribution in [2.45, 2.75) is 31.8 Å². The number of nitrogens with one attached hydrogen (secondary N) is 2. The third-order valence-corrected chi connectivity index (χ3v) is 3.60. The molecule has 2 nitrogen and oxygen atoms in total. The molecular weight excluding hydrogens is 192 g/mol. The van der Waals surface area contributed by atoms with Crippen molar-refractivity contribution in [1.82, 2.24) is 10.6 Å². The molecule has 0 saturated carbocycles. The molecule has 1 aromatic rings. The quantitative estimate of drug-likeness (QED) is 0.797. The maximum atomic E-state index is 3.63. The Morgan fingerprint density at radius 1 is 1.43 bits per heavy atom. The zero-order valence-corrected chi connectivity index (χ0v) is 9.28. The van der Waals surface area contributed by atoms with E-state index in [4.69, 9.17) is 0 Å². The molecule has 1 atom stereocenters. The maximum Gasteiger partial charge on any atom is 0.0302 e. The van der Waals surface area contributed by atoms with Crippen LogP contribution in [0, 0.1) is 0 Å². The fraction of sp³-hybridized carbons (Fsp3) is 0.636. The highest BCUT2D eigenvalue weighted by molar-refractivity contribution is 7.09. The minimum absolute atomic E-state index is 0.715. The first kappa shape index (κ1) is 10.1. The minimum Gasteiger partial charge on any atom is -0.317 e. The van der Waals surface area contributed by atoms with Gasteiger partial charge in [-0.25, -0.2) is 0 Å². The van der Waals surface area contributed by atoms with E-state index in [9.17, 15) is 0 Å². The maximum absolute atomic E-state index is 3.63. The lowest BCUT2D eigenvalue weighted by Gasteiger charge is -2.14. The zero-order chi connectivity index (χ0) is 9.64. The molecule has 1 unspecified atom stereocenters. The molecule has 0 bridgehead atoms. The normalized spacial score (nSPS) is 23.3. The molecule has 2 rings (SSSR count). The molecule has 0 aromatic carbocycles. The second-order valence-corrected chi connectivity index (χ2v) is 4.87. The van der Waals surface area contributed by atoms with Crippen LogP contribution in [0.3, 0.4) is 0 Å². The van der Waals surface area contributed by atoms with Gasteiger partial charge >= 0.3 is 0 Å². The Bertz CT molecular complexity index is 238. The van der Waals surface area contributed by atoms with Crippen molar-refractivity contribution >= 4 is 11.3 Å². The van der Waals surface area contributed by atoms with E-state index >= 15 is 0 Å². The lowest BCUT2D eigenvalue weighted by molar-refractivity contribution is 0.470. The Kier molecular flexibility index (Phi) is 3.98. The van der Waals surface area contributed by atoms with E-state index in [0.717, 1.165) is 6.54 Å².